The topological polar surface area (TPSA) is 55.6 Å². The smallest absolute Gasteiger partial charge is 0.253 e. The first-order chi connectivity index (χ1) is 9.93. The van der Waals surface area contributed by atoms with E-state index in [4.69, 9.17) is 10.5 Å². The van der Waals surface area contributed by atoms with Gasteiger partial charge >= 0.3 is 0 Å². The van der Waals surface area contributed by atoms with Gasteiger partial charge in [-0.3, -0.25) is 4.79 Å². The van der Waals surface area contributed by atoms with Crippen LogP contribution in [0.5, 0.6) is 5.75 Å². The molecule has 1 amide bonds. The van der Waals surface area contributed by atoms with E-state index in [-0.39, 0.29) is 11.3 Å². The van der Waals surface area contributed by atoms with Crippen LogP contribution in [-0.2, 0) is 0 Å². The van der Waals surface area contributed by atoms with Crippen LogP contribution < -0.4 is 10.5 Å². The summed E-state index contributed by atoms with van der Waals surface area (Å²) in [5.41, 5.74) is 6.35. The molecule has 4 heteroatoms. The molecule has 0 radical (unpaired) electrons. The highest BCUT2D eigenvalue weighted by atomic mass is 16.5. The van der Waals surface area contributed by atoms with Crippen LogP contribution in [0.1, 0.15) is 44.5 Å². The molecule has 0 saturated heterocycles. The lowest BCUT2D eigenvalue weighted by molar-refractivity contribution is 0.0700. The number of carbonyl (C=O) groups is 1. The van der Waals surface area contributed by atoms with Crippen LogP contribution >= 0.6 is 0 Å². The maximum Gasteiger partial charge on any atom is 0.253 e. The molecule has 0 aliphatic rings. The Bertz CT molecular complexity index is 458. The van der Waals surface area contributed by atoms with Gasteiger partial charge in [0.2, 0.25) is 0 Å². The first-order valence-electron chi connectivity index (χ1n) is 7.65. The number of carbonyl (C=O) groups excluding carboxylic acids is 1. The van der Waals surface area contributed by atoms with E-state index >= 15 is 0 Å². The Kier molecular flexibility index (Phi) is 6.69. The van der Waals surface area contributed by atoms with Crippen LogP contribution in [0, 0.1) is 5.41 Å². The van der Waals surface area contributed by atoms with E-state index in [1.807, 2.05) is 36.1 Å². The maximum atomic E-state index is 12.6. The zero-order valence-corrected chi connectivity index (χ0v) is 13.7. The third kappa shape index (κ3) is 5.38. The molecule has 0 bridgehead atoms. The molecule has 1 rings (SSSR count). The van der Waals surface area contributed by atoms with Gasteiger partial charge in [0.25, 0.3) is 5.91 Å². The average Bonchev–Trinajstić information content (AvgIpc) is 2.50. The molecule has 21 heavy (non-hydrogen) atoms. The molecule has 0 heterocycles. The highest BCUT2D eigenvalue weighted by molar-refractivity contribution is 5.94. The minimum Gasteiger partial charge on any atom is -0.494 e. The van der Waals surface area contributed by atoms with Gasteiger partial charge < -0.3 is 15.4 Å². The molecule has 2 N–H and O–H groups in total. The normalized spacial score (nSPS) is 11.3. The lowest BCUT2D eigenvalue weighted by Gasteiger charge is -2.31. The molecule has 118 valence electrons. The fraction of sp³-hybridized carbons (Fsp3) is 0.588. The van der Waals surface area contributed by atoms with Crippen LogP contribution in [0.3, 0.4) is 0 Å². The summed E-state index contributed by atoms with van der Waals surface area (Å²) in [5.74, 6) is 0.776. The van der Waals surface area contributed by atoms with Gasteiger partial charge in [-0.25, -0.2) is 0 Å². The Morgan fingerprint density at radius 2 is 2.05 bits per heavy atom. The number of nitrogens with zero attached hydrogens (tertiary/aromatic N) is 1. The van der Waals surface area contributed by atoms with Crippen LogP contribution in [0.4, 0.5) is 0 Å². The summed E-state index contributed by atoms with van der Waals surface area (Å²) in [6.45, 7) is 10.7. The maximum absolute atomic E-state index is 12.6. The quantitative estimate of drug-likeness (QED) is 0.801. The molecular formula is C17H28N2O2. The zero-order valence-electron chi connectivity index (χ0n) is 13.7. The van der Waals surface area contributed by atoms with E-state index < -0.39 is 0 Å². The van der Waals surface area contributed by atoms with E-state index in [0.717, 1.165) is 12.2 Å². The lowest BCUT2D eigenvalue weighted by atomic mass is 9.93. The van der Waals surface area contributed by atoms with Crippen molar-refractivity contribution in [2.45, 2.75) is 34.1 Å². The van der Waals surface area contributed by atoms with Crippen molar-refractivity contribution in [3.63, 3.8) is 0 Å². The Morgan fingerprint density at radius 3 is 2.62 bits per heavy atom. The second-order valence-electron chi connectivity index (χ2n) is 6.06. The van der Waals surface area contributed by atoms with Crippen molar-refractivity contribution >= 4 is 5.91 Å². The van der Waals surface area contributed by atoms with Crippen molar-refractivity contribution in [1.82, 2.24) is 4.90 Å². The summed E-state index contributed by atoms with van der Waals surface area (Å²) in [6.07, 6.45) is 0.948. The lowest BCUT2D eigenvalue weighted by Crippen LogP contribution is -2.41. The number of rotatable bonds is 8. The van der Waals surface area contributed by atoms with E-state index in [1.165, 1.54) is 0 Å². The summed E-state index contributed by atoms with van der Waals surface area (Å²) in [4.78, 5) is 14.5. The highest BCUT2D eigenvalue weighted by Gasteiger charge is 2.23. The molecule has 0 aliphatic heterocycles. The molecule has 0 aliphatic carbocycles. The summed E-state index contributed by atoms with van der Waals surface area (Å²) < 4.78 is 5.59. The molecule has 1 aromatic carbocycles. The molecule has 0 spiro atoms. The van der Waals surface area contributed by atoms with E-state index in [9.17, 15) is 4.79 Å². The predicted octanol–water partition coefficient (Wildman–Crippen LogP) is 2.92. The standard InChI is InChI=1S/C17H28N2O2/c1-5-10-21-15-9-7-8-14(11-15)16(20)19(6-2)13-17(3,4)12-18/h7-9,11H,5-6,10,12-13,18H2,1-4H3. The molecule has 4 nitrogen and oxygen atoms in total. The molecule has 0 atom stereocenters. The summed E-state index contributed by atoms with van der Waals surface area (Å²) in [5, 5.41) is 0. The van der Waals surface area contributed by atoms with Gasteiger partial charge in [-0.2, -0.15) is 0 Å². The van der Waals surface area contributed by atoms with Crippen molar-refractivity contribution < 1.29 is 9.53 Å². The van der Waals surface area contributed by atoms with Crippen molar-refractivity contribution in [1.29, 1.82) is 0 Å². The minimum atomic E-state index is -0.0814. The molecule has 0 unspecified atom stereocenters. The fourth-order valence-corrected chi connectivity index (χ4v) is 2.03. The van der Waals surface area contributed by atoms with Gasteiger partial charge in [0.1, 0.15) is 5.75 Å². The average molecular weight is 292 g/mol. The number of amides is 1. The summed E-state index contributed by atoms with van der Waals surface area (Å²) in [7, 11) is 0. The Morgan fingerprint density at radius 1 is 1.33 bits per heavy atom. The van der Waals surface area contributed by atoms with E-state index in [2.05, 4.69) is 20.8 Å². The van der Waals surface area contributed by atoms with E-state index in [0.29, 0.717) is 31.8 Å². The number of ether oxygens (including phenoxy) is 1. The van der Waals surface area contributed by atoms with Gasteiger partial charge in [0.05, 0.1) is 6.61 Å². The first-order valence-corrected chi connectivity index (χ1v) is 7.65. The molecule has 1 aromatic rings. The number of hydrogen-bond acceptors (Lipinski definition) is 3. The SMILES string of the molecule is CCCOc1cccc(C(=O)N(CC)CC(C)(C)CN)c1. The van der Waals surface area contributed by atoms with Crippen LogP contribution in [0.2, 0.25) is 0 Å². The Labute approximate surface area is 128 Å². The zero-order chi connectivity index (χ0) is 15.9. The summed E-state index contributed by atoms with van der Waals surface area (Å²) >= 11 is 0. The number of benzene rings is 1. The predicted molar refractivity (Wildman–Crippen MR) is 86.6 cm³/mol. The number of nitrogens with two attached hydrogens (primary N) is 1. The minimum absolute atomic E-state index is 0.0287. The molecule has 0 aromatic heterocycles. The highest BCUT2D eigenvalue weighted by Crippen LogP contribution is 2.19. The largest absolute Gasteiger partial charge is 0.494 e. The second-order valence-corrected chi connectivity index (χ2v) is 6.06. The van der Waals surface area contributed by atoms with Gasteiger partial charge in [-0.1, -0.05) is 26.8 Å². The Balaban J connectivity index is 2.84. The van der Waals surface area contributed by atoms with Crippen molar-refractivity contribution in [2.24, 2.45) is 11.1 Å². The number of hydrogen-bond donors (Lipinski definition) is 1. The van der Waals surface area contributed by atoms with Gasteiger partial charge in [0.15, 0.2) is 0 Å². The van der Waals surface area contributed by atoms with Crippen LogP contribution in [0.15, 0.2) is 24.3 Å². The van der Waals surface area contributed by atoms with Crippen LogP contribution in [0.25, 0.3) is 0 Å². The van der Waals surface area contributed by atoms with Crippen molar-refractivity contribution in [3.05, 3.63) is 29.8 Å². The second kappa shape index (κ2) is 8.03. The fourth-order valence-electron chi connectivity index (χ4n) is 2.03. The van der Waals surface area contributed by atoms with Crippen molar-refractivity contribution in [3.8, 4) is 5.75 Å². The Hall–Kier alpha value is -1.55. The summed E-state index contributed by atoms with van der Waals surface area (Å²) in [6, 6.07) is 7.39. The molecular weight excluding hydrogens is 264 g/mol. The van der Waals surface area contributed by atoms with Gasteiger partial charge in [0, 0.05) is 18.7 Å². The van der Waals surface area contributed by atoms with Crippen molar-refractivity contribution in [2.75, 3.05) is 26.2 Å². The molecule has 0 fully saturated rings. The van der Waals surface area contributed by atoms with Crippen LogP contribution in [-0.4, -0.2) is 37.0 Å². The van der Waals surface area contributed by atoms with Gasteiger partial charge in [-0.15, -0.1) is 0 Å². The molecule has 0 saturated carbocycles. The third-order valence-electron chi connectivity index (χ3n) is 3.39. The third-order valence-corrected chi connectivity index (χ3v) is 3.39. The van der Waals surface area contributed by atoms with Gasteiger partial charge in [-0.05, 0) is 43.5 Å². The monoisotopic (exact) mass is 292 g/mol. The first kappa shape index (κ1) is 17.5. The van der Waals surface area contributed by atoms with E-state index in [1.54, 1.807) is 0 Å².